The molecule has 0 bridgehead atoms. The summed E-state index contributed by atoms with van der Waals surface area (Å²) in [7, 11) is 0. The average molecular weight is 505 g/mol. The Morgan fingerprint density at radius 1 is 1.03 bits per heavy atom. The summed E-state index contributed by atoms with van der Waals surface area (Å²) in [6.07, 6.45) is 1.14. The smallest absolute Gasteiger partial charge is 0.163 e. The summed E-state index contributed by atoms with van der Waals surface area (Å²) in [4.78, 5) is 13.4. The average Bonchev–Trinajstić information content (AvgIpc) is 3.01. The van der Waals surface area contributed by atoms with Crippen molar-refractivity contribution in [1.29, 1.82) is 0 Å². The molecule has 0 spiro atoms. The maximum atomic E-state index is 13.4. The van der Waals surface area contributed by atoms with Gasteiger partial charge in [0.25, 0.3) is 0 Å². The summed E-state index contributed by atoms with van der Waals surface area (Å²) in [5.74, 6) is 0.862. The van der Waals surface area contributed by atoms with E-state index in [4.69, 9.17) is 16.3 Å². The van der Waals surface area contributed by atoms with Crippen molar-refractivity contribution in [3.63, 3.8) is 0 Å². The molecule has 3 aromatic carbocycles. The number of ketones is 1. The van der Waals surface area contributed by atoms with Crippen LogP contribution in [-0.2, 0) is 11.4 Å². The van der Waals surface area contributed by atoms with Crippen molar-refractivity contribution >= 4 is 28.8 Å². The number of allylic oxidation sites excluding steroid dienone is 1. The molecule has 3 N–H and O–H groups in total. The molecule has 0 saturated heterocycles. The number of rotatable bonds is 4. The van der Waals surface area contributed by atoms with Crippen LogP contribution in [0.15, 0.2) is 78.0 Å². The number of nitrogens with one attached hydrogen (secondary N) is 2. The molecule has 1 aliphatic heterocycles. The number of Topliss-reactive ketones (excluding diaryl/α,β-unsaturated/α-hetero) is 1. The second-order valence-electron chi connectivity index (χ2n) is 9.69. The highest BCUT2D eigenvalue weighted by atomic mass is 35.5. The van der Waals surface area contributed by atoms with Crippen molar-refractivity contribution in [1.82, 2.24) is 0 Å². The van der Waals surface area contributed by atoms with E-state index in [9.17, 15) is 9.90 Å². The topological polar surface area (TPSA) is 70.6 Å². The normalized spacial score (nSPS) is 17.9. The third-order valence-corrected chi connectivity index (χ3v) is 6.69. The molecule has 0 fully saturated rings. The number of phenols is 1. The standard InChI is InChI=1S/C28H27ClN2O3.C2H6/c1-28(2)14-22-25(24(33)15-28)26(30-21-9-6-10-23(32)27(21)31-22)19-12-11-18(13-20(19)29)34-16-17-7-4-3-5-8-17;1-2/h3-13,26,30-32H,14-16H2,1-2H3;1-2H3. The van der Waals surface area contributed by atoms with Crippen molar-refractivity contribution in [3.8, 4) is 11.5 Å². The highest BCUT2D eigenvalue weighted by molar-refractivity contribution is 6.31. The fourth-order valence-electron chi connectivity index (χ4n) is 4.76. The third kappa shape index (κ3) is 5.36. The van der Waals surface area contributed by atoms with Crippen LogP contribution in [0.4, 0.5) is 11.4 Å². The van der Waals surface area contributed by atoms with Gasteiger partial charge in [-0.3, -0.25) is 4.79 Å². The molecule has 1 atom stereocenters. The Morgan fingerprint density at radius 2 is 1.78 bits per heavy atom. The summed E-state index contributed by atoms with van der Waals surface area (Å²) in [6.45, 7) is 8.61. The van der Waals surface area contributed by atoms with E-state index in [0.29, 0.717) is 47.2 Å². The second kappa shape index (κ2) is 10.7. The molecule has 5 rings (SSSR count). The van der Waals surface area contributed by atoms with E-state index < -0.39 is 6.04 Å². The monoisotopic (exact) mass is 504 g/mol. The molecule has 0 radical (unpaired) electrons. The highest BCUT2D eigenvalue weighted by Gasteiger charge is 2.39. The first-order chi connectivity index (χ1) is 17.3. The van der Waals surface area contributed by atoms with Crippen LogP contribution in [-0.4, -0.2) is 10.9 Å². The molecule has 1 heterocycles. The number of hydrogen-bond donors (Lipinski definition) is 3. The maximum Gasteiger partial charge on any atom is 0.163 e. The number of carbonyl (C=O) groups excluding carboxylic acids is 1. The van der Waals surface area contributed by atoms with E-state index in [2.05, 4.69) is 24.5 Å². The molecule has 0 saturated carbocycles. The predicted octanol–water partition coefficient (Wildman–Crippen LogP) is 7.87. The van der Waals surface area contributed by atoms with E-state index in [0.717, 1.165) is 16.8 Å². The van der Waals surface area contributed by atoms with Crippen molar-refractivity contribution in [2.24, 2.45) is 5.41 Å². The molecule has 0 aromatic heterocycles. The molecule has 3 aromatic rings. The number of anilines is 2. The zero-order chi connectivity index (χ0) is 25.9. The second-order valence-corrected chi connectivity index (χ2v) is 10.1. The summed E-state index contributed by atoms with van der Waals surface area (Å²) < 4.78 is 5.94. The molecule has 1 aliphatic carbocycles. The molecule has 2 aliphatic rings. The van der Waals surface area contributed by atoms with E-state index in [-0.39, 0.29) is 16.9 Å². The van der Waals surface area contributed by atoms with Crippen molar-refractivity contribution in [2.75, 3.05) is 10.6 Å². The number of phenolic OH excluding ortho intramolecular Hbond substituents is 1. The van der Waals surface area contributed by atoms with E-state index in [1.165, 1.54) is 0 Å². The van der Waals surface area contributed by atoms with Crippen LogP contribution in [0.1, 0.15) is 57.7 Å². The number of carbonyl (C=O) groups is 1. The Balaban J connectivity index is 0.00000148. The number of benzene rings is 3. The fraction of sp³-hybridized carbons (Fsp3) is 0.300. The van der Waals surface area contributed by atoms with Crippen LogP contribution >= 0.6 is 11.6 Å². The van der Waals surface area contributed by atoms with Crippen LogP contribution in [0.2, 0.25) is 5.02 Å². The lowest BCUT2D eigenvalue weighted by molar-refractivity contribution is -0.118. The van der Waals surface area contributed by atoms with Crippen molar-refractivity contribution in [3.05, 3.63) is 94.1 Å². The Labute approximate surface area is 218 Å². The fourth-order valence-corrected chi connectivity index (χ4v) is 5.04. The number of fused-ring (bicyclic) bond motifs is 1. The first-order valence-corrected chi connectivity index (χ1v) is 12.8. The largest absolute Gasteiger partial charge is 0.506 e. The summed E-state index contributed by atoms with van der Waals surface area (Å²) in [6, 6.07) is 20.4. The van der Waals surface area contributed by atoms with Gasteiger partial charge >= 0.3 is 0 Å². The van der Waals surface area contributed by atoms with Crippen LogP contribution in [0, 0.1) is 5.41 Å². The molecule has 1 unspecified atom stereocenters. The quantitative estimate of drug-likeness (QED) is 0.315. The Morgan fingerprint density at radius 3 is 2.50 bits per heavy atom. The van der Waals surface area contributed by atoms with Gasteiger partial charge in [-0.2, -0.15) is 0 Å². The van der Waals surface area contributed by atoms with Gasteiger partial charge in [0.2, 0.25) is 0 Å². The Kier molecular flexibility index (Phi) is 7.60. The SMILES string of the molecule is CC.CC1(C)CC(=O)C2=C(C1)Nc1c(O)cccc1NC2c1ccc(OCc2ccccc2)cc1Cl. The van der Waals surface area contributed by atoms with Crippen LogP contribution in [0.3, 0.4) is 0 Å². The number of halogens is 1. The van der Waals surface area contributed by atoms with Crippen LogP contribution in [0.25, 0.3) is 0 Å². The van der Waals surface area contributed by atoms with E-state index in [1.54, 1.807) is 18.2 Å². The summed E-state index contributed by atoms with van der Waals surface area (Å²) in [5, 5.41) is 17.9. The van der Waals surface area contributed by atoms with E-state index >= 15 is 0 Å². The van der Waals surface area contributed by atoms with Crippen LogP contribution < -0.4 is 15.4 Å². The summed E-state index contributed by atoms with van der Waals surface area (Å²) >= 11 is 6.77. The number of hydrogen-bond acceptors (Lipinski definition) is 5. The van der Waals surface area contributed by atoms with Gasteiger partial charge in [-0.25, -0.2) is 0 Å². The number of aromatic hydroxyl groups is 1. The van der Waals surface area contributed by atoms with Crippen LogP contribution in [0.5, 0.6) is 11.5 Å². The molecule has 188 valence electrons. The first-order valence-electron chi connectivity index (χ1n) is 12.4. The maximum absolute atomic E-state index is 13.4. The van der Waals surface area contributed by atoms with Gasteiger partial charge in [-0.05, 0) is 47.2 Å². The minimum Gasteiger partial charge on any atom is -0.506 e. The van der Waals surface area contributed by atoms with Crippen molar-refractivity contribution in [2.45, 2.75) is 53.2 Å². The third-order valence-electron chi connectivity index (χ3n) is 6.36. The minimum absolute atomic E-state index is 0.0732. The molecule has 5 nitrogen and oxygen atoms in total. The Hall–Kier alpha value is -3.44. The van der Waals surface area contributed by atoms with E-state index in [1.807, 2.05) is 62.4 Å². The molecular weight excluding hydrogens is 472 g/mol. The lowest BCUT2D eigenvalue weighted by Gasteiger charge is -2.34. The Bertz CT molecular complexity index is 1280. The summed E-state index contributed by atoms with van der Waals surface area (Å²) in [5.41, 5.74) is 4.44. The molecule has 36 heavy (non-hydrogen) atoms. The zero-order valence-corrected chi connectivity index (χ0v) is 21.9. The number of para-hydroxylation sites is 1. The van der Waals surface area contributed by atoms with Gasteiger partial charge in [0, 0.05) is 22.7 Å². The van der Waals surface area contributed by atoms with Gasteiger partial charge in [0.05, 0.1) is 11.7 Å². The van der Waals surface area contributed by atoms with Gasteiger partial charge in [-0.1, -0.05) is 81.8 Å². The predicted molar refractivity (Wildman–Crippen MR) is 147 cm³/mol. The van der Waals surface area contributed by atoms with Gasteiger partial charge < -0.3 is 20.5 Å². The highest BCUT2D eigenvalue weighted by Crippen LogP contribution is 2.48. The lowest BCUT2D eigenvalue weighted by atomic mass is 9.73. The van der Waals surface area contributed by atoms with Crippen molar-refractivity contribution < 1.29 is 14.6 Å². The molecular formula is C30H33ClN2O3. The lowest BCUT2D eigenvalue weighted by Crippen LogP contribution is -2.31. The van der Waals surface area contributed by atoms with Gasteiger partial charge in [-0.15, -0.1) is 0 Å². The molecule has 0 amide bonds. The molecule has 6 heteroatoms. The van der Waals surface area contributed by atoms with Gasteiger partial charge in [0.15, 0.2) is 5.78 Å². The zero-order valence-electron chi connectivity index (χ0n) is 21.2. The number of ether oxygens (including phenoxy) is 1. The van der Waals surface area contributed by atoms with Gasteiger partial charge in [0.1, 0.15) is 23.8 Å². The first kappa shape index (κ1) is 25.6. The minimum atomic E-state index is -0.454.